The van der Waals surface area contributed by atoms with Crippen LogP contribution in [0.3, 0.4) is 0 Å². The third kappa shape index (κ3) is 5.70. The van der Waals surface area contributed by atoms with E-state index in [-0.39, 0.29) is 11.7 Å². The zero-order valence-corrected chi connectivity index (χ0v) is 18.1. The lowest BCUT2D eigenvalue weighted by Crippen LogP contribution is -2.20. The van der Waals surface area contributed by atoms with Gasteiger partial charge in [0.15, 0.2) is 11.0 Å². The molecule has 0 radical (unpaired) electrons. The third-order valence-electron chi connectivity index (χ3n) is 4.27. The molecule has 0 bridgehead atoms. The maximum absolute atomic E-state index is 12.1. The van der Waals surface area contributed by atoms with E-state index in [0.29, 0.717) is 11.8 Å². The van der Waals surface area contributed by atoms with Crippen molar-refractivity contribution in [2.45, 2.75) is 32.5 Å². The van der Waals surface area contributed by atoms with Crippen LogP contribution in [-0.4, -0.2) is 39.2 Å². The number of aromatic nitrogens is 3. The maximum atomic E-state index is 12.1. The molecule has 0 spiro atoms. The highest BCUT2D eigenvalue weighted by molar-refractivity contribution is 7.99. The molecule has 7 nitrogen and oxygen atoms in total. The molecule has 2 aromatic carbocycles. The Labute approximate surface area is 180 Å². The molecule has 1 amide bonds. The zero-order valence-electron chi connectivity index (χ0n) is 17.3. The molecule has 0 fully saturated rings. The van der Waals surface area contributed by atoms with Gasteiger partial charge in [0.2, 0.25) is 0 Å². The second-order valence-electron chi connectivity index (χ2n) is 6.50. The maximum Gasteiger partial charge on any atom is 0.250 e. The van der Waals surface area contributed by atoms with Crippen LogP contribution in [-0.2, 0) is 11.3 Å². The van der Waals surface area contributed by atoms with Crippen LogP contribution < -0.4 is 10.2 Å². The van der Waals surface area contributed by atoms with Crippen molar-refractivity contribution >= 4 is 23.9 Å². The molecule has 0 atom stereocenters. The van der Waals surface area contributed by atoms with Crippen LogP contribution in [0.25, 0.3) is 11.4 Å². The summed E-state index contributed by atoms with van der Waals surface area (Å²) in [6, 6.07) is 15.7. The fraction of sp³-hybridized carbons (Fsp3) is 0.273. The molecular weight excluding hydrogens is 398 g/mol. The van der Waals surface area contributed by atoms with Crippen LogP contribution >= 0.6 is 11.8 Å². The Balaban J connectivity index is 1.55. The van der Waals surface area contributed by atoms with E-state index in [1.807, 2.05) is 73.9 Å². The molecule has 1 aromatic heterocycles. The first-order valence-electron chi connectivity index (χ1n) is 9.78. The van der Waals surface area contributed by atoms with Gasteiger partial charge in [0.25, 0.3) is 5.91 Å². The minimum absolute atomic E-state index is 0.201. The number of hydrogen-bond donors (Lipinski definition) is 1. The Bertz CT molecular complexity index is 997. The largest absolute Gasteiger partial charge is 0.494 e. The van der Waals surface area contributed by atoms with E-state index in [4.69, 9.17) is 4.74 Å². The van der Waals surface area contributed by atoms with E-state index in [1.54, 1.807) is 6.21 Å². The van der Waals surface area contributed by atoms with Gasteiger partial charge in [-0.1, -0.05) is 41.6 Å². The Morgan fingerprint density at radius 1 is 1.13 bits per heavy atom. The fourth-order valence-corrected chi connectivity index (χ4v) is 3.55. The van der Waals surface area contributed by atoms with E-state index in [9.17, 15) is 4.79 Å². The summed E-state index contributed by atoms with van der Waals surface area (Å²) in [4.78, 5) is 12.1. The third-order valence-corrected chi connectivity index (χ3v) is 5.24. The highest BCUT2D eigenvalue weighted by atomic mass is 32.2. The van der Waals surface area contributed by atoms with Gasteiger partial charge in [0.1, 0.15) is 5.75 Å². The summed E-state index contributed by atoms with van der Waals surface area (Å²) in [5.41, 5.74) is 5.62. The summed E-state index contributed by atoms with van der Waals surface area (Å²) >= 11 is 1.34. The molecule has 3 rings (SSSR count). The molecule has 0 aliphatic heterocycles. The number of ether oxygens (including phenoxy) is 1. The number of amides is 1. The average Bonchev–Trinajstić information content (AvgIpc) is 3.17. The van der Waals surface area contributed by atoms with E-state index in [1.165, 1.54) is 17.3 Å². The SMILES string of the molecule is CCOc1ccc(C=NNC(=O)CSc2nnc(-c3ccc(C)cc3)n2CC)cc1. The van der Waals surface area contributed by atoms with E-state index < -0.39 is 0 Å². The zero-order chi connectivity index (χ0) is 21.3. The summed E-state index contributed by atoms with van der Waals surface area (Å²) in [6.45, 7) is 7.36. The van der Waals surface area contributed by atoms with Crippen molar-refractivity contribution in [1.82, 2.24) is 20.2 Å². The number of thioether (sulfide) groups is 1. The minimum atomic E-state index is -0.204. The van der Waals surface area contributed by atoms with Crippen molar-refractivity contribution in [2.75, 3.05) is 12.4 Å². The summed E-state index contributed by atoms with van der Waals surface area (Å²) in [6.07, 6.45) is 1.60. The summed E-state index contributed by atoms with van der Waals surface area (Å²) < 4.78 is 7.41. The van der Waals surface area contributed by atoms with Gasteiger partial charge in [-0.15, -0.1) is 10.2 Å². The van der Waals surface area contributed by atoms with Gasteiger partial charge < -0.3 is 9.30 Å². The quantitative estimate of drug-likeness (QED) is 0.321. The Morgan fingerprint density at radius 3 is 2.53 bits per heavy atom. The molecule has 1 heterocycles. The van der Waals surface area contributed by atoms with Crippen LogP contribution in [0.5, 0.6) is 5.75 Å². The number of carbonyl (C=O) groups is 1. The molecule has 8 heteroatoms. The molecular formula is C22H25N5O2S. The van der Waals surface area contributed by atoms with Crippen molar-refractivity contribution in [3.8, 4) is 17.1 Å². The first-order chi connectivity index (χ1) is 14.6. The number of carbonyl (C=O) groups excluding carboxylic acids is 1. The van der Waals surface area contributed by atoms with Crippen LogP contribution in [0.15, 0.2) is 58.8 Å². The van der Waals surface area contributed by atoms with E-state index in [2.05, 4.69) is 20.7 Å². The van der Waals surface area contributed by atoms with Crippen molar-refractivity contribution in [3.63, 3.8) is 0 Å². The number of benzene rings is 2. The lowest BCUT2D eigenvalue weighted by atomic mass is 10.1. The second kappa shape index (κ2) is 10.6. The molecule has 0 saturated carbocycles. The fourth-order valence-electron chi connectivity index (χ4n) is 2.75. The Morgan fingerprint density at radius 2 is 1.87 bits per heavy atom. The summed E-state index contributed by atoms with van der Waals surface area (Å²) in [7, 11) is 0. The van der Waals surface area contributed by atoms with Crippen molar-refractivity contribution in [1.29, 1.82) is 0 Å². The predicted molar refractivity (Wildman–Crippen MR) is 120 cm³/mol. The molecule has 30 heavy (non-hydrogen) atoms. The average molecular weight is 424 g/mol. The van der Waals surface area contributed by atoms with Gasteiger partial charge in [-0.05, 0) is 50.6 Å². The molecule has 0 saturated heterocycles. The number of hydrogen-bond acceptors (Lipinski definition) is 6. The lowest BCUT2D eigenvalue weighted by Gasteiger charge is -2.07. The number of nitrogens with zero attached hydrogens (tertiary/aromatic N) is 4. The van der Waals surface area contributed by atoms with Gasteiger partial charge in [-0.2, -0.15) is 5.10 Å². The van der Waals surface area contributed by atoms with Gasteiger partial charge >= 0.3 is 0 Å². The van der Waals surface area contributed by atoms with E-state index in [0.717, 1.165) is 29.2 Å². The minimum Gasteiger partial charge on any atom is -0.494 e. The first-order valence-corrected chi connectivity index (χ1v) is 10.8. The lowest BCUT2D eigenvalue weighted by molar-refractivity contribution is -0.118. The Kier molecular flexibility index (Phi) is 7.62. The molecule has 0 unspecified atom stereocenters. The van der Waals surface area contributed by atoms with Crippen LogP contribution in [0, 0.1) is 6.92 Å². The number of hydrazone groups is 1. The van der Waals surface area contributed by atoms with Crippen LogP contribution in [0.1, 0.15) is 25.0 Å². The summed E-state index contributed by atoms with van der Waals surface area (Å²) in [5.74, 6) is 1.60. The number of aryl methyl sites for hydroxylation is 1. The second-order valence-corrected chi connectivity index (χ2v) is 7.44. The Hall–Kier alpha value is -3.13. The van der Waals surface area contributed by atoms with Gasteiger partial charge in [-0.25, -0.2) is 5.43 Å². The highest BCUT2D eigenvalue weighted by Crippen LogP contribution is 2.24. The molecule has 0 aliphatic rings. The van der Waals surface area contributed by atoms with Crippen molar-refractivity contribution in [3.05, 3.63) is 59.7 Å². The number of rotatable bonds is 9. The monoisotopic (exact) mass is 423 g/mol. The topological polar surface area (TPSA) is 81.4 Å². The highest BCUT2D eigenvalue weighted by Gasteiger charge is 2.14. The summed E-state index contributed by atoms with van der Waals surface area (Å²) in [5, 5.41) is 13.3. The standard InChI is InChI=1S/C22H25N5O2S/c1-4-27-21(18-10-6-16(3)7-11-18)25-26-22(27)30-15-20(28)24-23-14-17-8-12-19(13-9-17)29-5-2/h6-14H,4-5,15H2,1-3H3,(H,24,28). The van der Waals surface area contributed by atoms with Crippen LogP contribution in [0.2, 0.25) is 0 Å². The van der Waals surface area contributed by atoms with E-state index >= 15 is 0 Å². The van der Waals surface area contributed by atoms with Crippen LogP contribution in [0.4, 0.5) is 0 Å². The smallest absolute Gasteiger partial charge is 0.250 e. The molecule has 1 N–H and O–H groups in total. The van der Waals surface area contributed by atoms with Gasteiger partial charge in [0.05, 0.1) is 18.6 Å². The molecule has 156 valence electrons. The molecule has 3 aromatic rings. The number of nitrogens with one attached hydrogen (secondary N) is 1. The first kappa shape index (κ1) is 21.6. The molecule has 0 aliphatic carbocycles. The van der Waals surface area contributed by atoms with Gasteiger partial charge in [-0.3, -0.25) is 4.79 Å². The predicted octanol–water partition coefficient (Wildman–Crippen LogP) is 3.91. The van der Waals surface area contributed by atoms with Crippen molar-refractivity contribution < 1.29 is 9.53 Å². The van der Waals surface area contributed by atoms with Gasteiger partial charge in [0, 0.05) is 12.1 Å². The van der Waals surface area contributed by atoms with Crippen molar-refractivity contribution in [2.24, 2.45) is 5.10 Å². The normalized spacial score (nSPS) is 11.0.